The van der Waals surface area contributed by atoms with Crippen molar-refractivity contribution in [2.75, 3.05) is 26.4 Å². The lowest BCUT2D eigenvalue weighted by molar-refractivity contribution is -0.123. The average molecular weight is 330 g/mol. The first-order chi connectivity index (χ1) is 11.7. The molecule has 2 aliphatic heterocycles. The Labute approximate surface area is 138 Å². The monoisotopic (exact) mass is 330 g/mol. The van der Waals surface area contributed by atoms with Gasteiger partial charge in [0.15, 0.2) is 17.3 Å². The van der Waals surface area contributed by atoms with Gasteiger partial charge in [-0.15, -0.1) is 0 Å². The number of hydrogen-bond acceptors (Lipinski definition) is 7. The van der Waals surface area contributed by atoms with Crippen molar-refractivity contribution < 1.29 is 18.8 Å². The molecule has 0 saturated carbocycles. The molecule has 1 aromatic heterocycles. The van der Waals surface area contributed by atoms with Gasteiger partial charge >= 0.3 is 0 Å². The number of ether oxygens (including phenoxy) is 2. The number of carbonyl (C=O) groups is 1. The molecule has 0 atom stereocenters. The van der Waals surface area contributed by atoms with E-state index < -0.39 is 0 Å². The molecule has 126 valence electrons. The standard InChI is InChI=1S/C16H18N4O4/c1-10-18-16(24-19-10)12-6-20(7-12)8-15(21)17-5-11-2-3-13-14(4-11)23-9-22-13/h2-4,12H,5-9H2,1H3,(H,17,21). The van der Waals surface area contributed by atoms with Crippen LogP contribution < -0.4 is 14.8 Å². The Hall–Kier alpha value is -2.61. The van der Waals surface area contributed by atoms with Gasteiger partial charge in [-0.3, -0.25) is 9.69 Å². The smallest absolute Gasteiger partial charge is 0.234 e. The highest BCUT2D eigenvalue weighted by atomic mass is 16.7. The lowest BCUT2D eigenvalue weighted by Crippen LogP contribution is -2.49. The largest absolute Gasteiger partial charge is 0.454 e. The van der Waals surface area contributed by atoms with Gasteiger partial charge in [0.25, 0.3) is 0 Å². The summed E-state index contributed by atoms with van der Waals surface area (Å²) in [6.45, 7) is 4.41. The molecule has 24 heavy (non-hydrogen) atoms. The first-order valence-corrected chi connectivity index (χ1v) is 7.85. The van der Waals surface area contributed by atoms with E-state index in [1.165, 1.54) is 0 Å². The summed E-state index contributed by atoms with van der Waals surface area (Å²) in [6.07, 6.45) is 0. The van der Waals surface area contributed by atoms with Crippen LogP contribution in [0.25, 0.3) is 0 Å². The highest BCUT2D eigenvalue weighted by molar-refractivity contribution is 5.78. The van der Waals surface area contributed by atoms with Crippen LogP contribution in [0.1, 0.15) is 23.2 Å². The maximum atomic E-state index is 12.0. The molecule has 0 spiro atoms. The van der Waals surface area contributed by atoms with Crippen molar-refractivity contribution in [3.63, 3.8) is 0 Å². The zero-order valence-electron chi connectivity index (χ0n) is 13.3. The molecule has 0 bridgehead atoms. The van der Waals surface area contributed by atoms with E-state index in [0.717, 1.165) is 30.2 Å². The highest BCUT2D eigenvalue weighted by Crippen LogP contribution is 2.32. The number of hydrogen-bond donors (Lipinski definition) is 1. The molecule has 1 aromatic carbocycles. The predicted molar refractivity (Wildman–Crippen MR) is 82.6 cm³/mol. The number of rotatable bonds is 5. The maximum absolute atomic E-state index is 12.0. The zero-order valence-corrected chi connectivity index (χ0v) is 13.3. The van der Waals surface area contributed by atoms with Crippen LogP contribution in [0.15, 0.2) is 22.7 Å². The van der Waals surface area contributed by atoms with Crippen molar-refractivity contribution in [2.24, 2.45) is 0 Å². The third-order valence-electron chi connectivity index (χ3n) is 4.14. The second-order valence-electron chi connectivity index (χ2n) is 6.04. The summed E-state index contributed by atoms with van der Waals surface area (Å²) in [5, 5.41) is 6.71. The van der Waals surface area contributed by atoms with Crippen molar-refractivity contribution >= 4 is 5.91 Å². The molecule has 0 unspecified atom stereocenters. The molecule has 1 N–H and O–H groups in total. The van der Waals surface area contributed by atoms with Crippen LogP contribution >= 0.6 is 0 Å². The Morgan fingerprint density at radius 2 is 2.17 bits per heavy atom. The Morgan fingerprint density at radius 3 is 2.96 bits per heavy atom. The summed E-state index contributed by atoms with van der Waals surface area (Å²) in [5.74, 6) is 2.99. The van der Waals surface area contributed by atoms with Gasteiger partial charge in [0.05, 0.1) is 12.5 Å². The van der Waals surface area contributed by atoms with E-state index in [2.05, 4.69) is 20.4 Å². The topological polar surface area (TPSA) is 89.7 Å². The number of aryl methyl sites for hydroxylation is 1. The van der Waals surface area contributed by atoms with Crippen molar-refractivity contribution in [3.8, 4) is 11.5 Å². The lowest BCUT2D eigenvalue weighted by atomic mass is 10.0. The fourth-order valence-electron chi connectivity index (χ4n) is 2.84. The van der Waals surface area contributed by atoms with Crippen LogP contribution in [-0.4, -0.2) is 47.4 Å². The fourth-order valence-corrected chi connectivity index (χ4v) is 2.84. The summed E-state index contributed by atoms with van der Waals surface area (Å²) in [6, 6.07) is 5.67. The van der Waals surface area contributed by atoms with Crippen LogP contribution in [0.2, 0.25) is 0 Å². The zero-order chi connectivity index (χ0) is 16.5. The van der Waals surface area contributed by atoms with E-state index in [1.807, 2.05) is 18.2 Å². The van der Waals surface area contributed by atoms with Gasteiger partial charge in [-0.05, 0) is 24.6 Å². The molecule has 1 saturated heterocycles. The number of nitrogens with one attached hydrogen (secondary N) is 1. The molecule has 3 heterocycles. The molecule has 1 fully saturated rings. The minimum Gasteiger partial charge on any atom is -0.454 e. The Morgan fingerprint density at radius 1 is 1.33 bits per heavy atom. The third kappa shape index (κ3) is 3.05. The van der Waals surface area contributed by atoms with Crippen LogP contribution in [0, 0.1) is 6.92 Å². The van der Waals surface area contributed by atoms with Crippen molar-refractivity contribution in [1.82, 2.24) is 20.4 Å². The quantitative estimate of drug-likeness (QED) is 0.868. The minimum absolute atomic E-state index is 0.00664. The van der Waals surface area contributed by atoms with E-state index in [0.29, 0.717) is 24.8 Å². The number of aromatic nitrogens is 2. The molecule has 2 aromatic rings. The summed E-state index contributed by atoms with van der Waals surface area (Å²) < 4.78 is 15.8. The predicted octanol–water partition coefficient (Wildman–Crippen LogP) is 0.822. The first-order valence-electron chi connectivity index (χ1n) is 7.85. The molecule has 4 rings (SSSR count). The van der Waals surface area contributed by atoms with Crippen LogP contribution in [-0.2, 0) is 11.3 Å². The van der Waals surface area contributed by atoms with E-state index >= 15 is 0 Å². The van der Waals surface area contributed by atoms with E-state index in [-0.39, 0.29) is 18.6 Å². The Bertz CT molecular complexity index is 754. The second-order valence-corrected chi connectivity index (χ2v) is 6.04. The summed E-state index contributed by atoms with van der Waals surface area (Å²) >= 11 is 0. The van der Waals surface area contributed by atoms with Crippen molar-refractivity contribution in [2.45, 2.75) is 19.4 Å². The third-order valence-corrected chi connectivity index (χ3v) is 4.14. The van der Waals surface area contributed by atoms with E-state index in [1.54, 1.807) is 6.92 Å². The molecular weight excluding hydrogens is 312 g/mol. The van der Waals surface area contributed by atoms with Crippen molar-refractivity contribution in [1.29, 1.82) is 0 Å². The minimum atomic E-state index is -0.00664. The number of nitrogens with zero attached hydrogens (tertiary/aromatic N) is 3. The molecule has 0 aliphatic carbocycles. The fraction of sp³-hybridized carbons (Fsp3) is 0.438. The second kappa shape index (κ2) is 6.12. The molecule has 8 heteroatoms. The number of fused-ring (bicyclic) bond motifs is 1. The Balaban J connectivity index is 1.22. The van der Waals surface area contributed by atoms with Gasteiger partial charge in [-0.25, -0.2) is 0 Å². The van der Waals surface area contributed by atoms with Gasteiger partial charge in [-0.2, -0.15) is 4.98 Å². The normalized spacial score (nSPS) is 16.9. The van der Waals surface area contributed by atoms with Gasteiger partial charge < -0.3 is 19.3 Å². The maximum Gasteiger partial charge on any atom is 0.234 e. The van der Waals surface area contributed by atoms with Crippen LogP contribution in [0.5, 0.6) is 11.5 Å². The first kappa shape index (κ1) is 14.9. The molecule has 1 amide bonds. The van der Waals surface area contributed by atoms with Crippen molar-refractivity contribution in [3.05, 3.63) is 35.5 Å². The highest BCUT2D eigenvalue weighted by Gasteiger charge is 2.33. The van der Waals surface area contributed by atoms with Crippen LogP contribution in [0.4, 0.5) is 0 Å². The lowest BCUT2D eigenvalue weighted by Gasteiger charge is -2.36. The number of amides is 1. The summed E-state index contributed by atoms with van der Waals surface area (Å²) in [7, 11) is 0. The van der Waals surface area contributed by atoms with Gasteiger partial charge in [0.1, 0.15) is 0 Å². The van der Waals surface area contributed by atoms with Gasteiger partial charge in [0.2, 0.25) is 18.6 Å². The van der Waals surface area contributed by atoms with Gasteiger partial charge in [-0.1, -0.05) is 11.2 Å². The van der Waals surface area contributed by atoms with E-state index in [4.69, 9.17) is 14.0 Å². The molecular formula is C16H18N4O4. The summed E-state index contributed by atoms with van der Waals surface area (Å²) in [5.41, 5.74) is 0.982. The van der Waals surface area contributed by atoms with Crippen LogP contribution in [0.3, 0.4) is 0 Å². The number of carbonyl (C=O) groups excluding carboxylic acids is 1. The average Bonchev–Trinajstić information content (AvgIpc) is 3.16. The molecule has 8 nitrogen and oxygen atoms in total. The molecule has 2 aliphatic rings. The van der Waals surface area contributed by atoms with E-state index in [9.17, 15) is 4.79 Å². The number of likely N-dealkylation sites (tertiary alicyclic amines) is 1. The SMILES string of the molecule is Cc1noc(C2CN(CC(=O)NCc3ccc4c(c3)OCO4)C2)n1. The van der Waals surface area contributed by atoms with Gasteiger partial charge in [0, 0.05) is 19.6 Å². The summed E-state index contributed by atoms with van der Waals surface area (Å²) in [4.78, 5) is 18.3. The Kier molecular flexibility index (Phi) is 3.81. The molecule has 0 radical (unpaired) electrons. The number of benzene rings is 1.